The Bertz CT molecular complexity index is 956. The summed E-state index contributed by atoms with van der Waals surface area (Å²) in [5.41, 5.74) is 2.23. The van der Waals surface area contributed by atoms with E-state index in [-0.39, 0.29) is 40.8 Å². The van der Waals surface area contributed by atoms with E-state index < -0.39 is 10.1 Å². The van der Waals surface area contributed by atoms with Crippen LogP contribution in [0.4, 0.5) is 0 Å². The molecule has 0 N–H and O–H groups in total. The van der Waals surface area contributed by atoms with Crippen molar-refractivity contribution in [2.75, 3.05) is 12.9 Å². The van der Waals surface area contributed by atoms with Crippen LogP contribution in [0, 0.1) is 34.5 Å². The van der Waals surface area contributed by atoms with Gasteiger partial charge in [0.25, 0.3) is 10.1 Å². The van der Waals surface area contributed by atoms with Crippen LogP contribution in [0.3, 0.4) is 0 Å². The molecule has 6 heteroatoms. The van der Waals surface area contributed by atoms with Gasteiger partial charge in [0.15, 0.2) is 11.6 Å². The van der Waals surface area contributed by atoms with E-state index >= 15 is 0 Å². The van der Waals surface area contributed by atoms with Gasteiger partial charge in [-0.05, 0) is 67.9 Å². The lowest BCUT2D eigenvalue weighted by Gasteiger charge is -2.52. The highest BCUT2D eigenvalue weighted by Gasteiger charge is 2.59. The summed E-state index contributed by atoms with van der Waals surface area (Å²) in [5, 5.41) is 0. The Morgan fingerprint density at radius 2 is 2.03 bits per heavy atom. The van der Waals surface area contributed by atoms with Gasteiger partial charge in [-0.1, -0.05) is 37.1 Å². The second-order valence-electron chi connectivity index (χ2n) is 9.85. The Labute approximate surface area is 173 Å². The standard InChI is InChI=1S/C23H30O5S/c1-14-11-19-17-6-5-15-12-16(24)7-9-22(15,2)18(17)8-10-23(19,3)21(14)20(25)13-28-29(4,26)27/h7-9,12,14,17,19,21H,5-6,10-11,13H2,1-4H3/t14?,17-,19+,21-,22+,23+/m1/s1. The number of rotatable bonds is 4. The molecule has 0 bridgehead atoms. The molecule has 0 aromatic carbocycles. The van der Waals surface area contributed by atoms with Crippen LogP contribution in [0.5, 0.6) is 0 Å². The van der Waals surface area contributed by atoms with Gasteiger partial charge in [-0.2, -0.15) is 8.42 Å². The number of Topliss-reactive ketones (excluding diaryl/α,β-unsaturated/α-hetero) is 1. The predicted octanol–water partition coefficient (Wildman–Crippen LogP) is 3.62. The van der Waals surface area contributed by atoms with E-state index in [2.05, 4.69) is 32.9 Å². The first-order chi connectivity index (χ1) is 13.5. The molecule has 2 saturated carbocycles. The molecule has 6 atom stereocenters. The molecule has 4 rings (SSSR count). The minimum atomic E-state index is -3.63. The average Bonchev–Trinajstić information content (AvgIpc) is 2.90. The summed E-state index contributed by atoms with van der Waals surface area (Å²) in [7, 11) is -3.63. The third-order valence-corrected chi connectivity index (χ3v) is 8.60. The zero-order valence-electron chi connectivity index (χ0n) is 17.6. The molecule has 0 aromatic rings. The molecule has 29 heavy (non-hydrogen) atoms. The minimum absolute atomic E-state index is 0.0724. The van der Waals surface area contributed by atoms with Crippen LogP contribution in [0.25, 0.3) is 0 Å². The fourth-order valence-electron chi connectivity index (χ4n) is 6.83. The maximum atomic E-state index is 13.0. The first-order valence-electron chi connectivity index (χ1n) is 10.5. The van der Waals surface area contributed by atoms with E-state index in [9.17, 15) is 18.0 Å². The number of carbonyl (C=O) groups is 2. The Balaban J connectivity index is 1.65. The fourth-order valence-corrected chi connectivity index (χ4v) is 7.16. The van der Waals surface area contributed by atoms with Gasteiger partial charge in [0, 0.05) is 11.3 Å². The van der Waals surface area contributed by atoms with Crippen molar-refractivity contribution in [1.29, 1.82) is 0 Å². The molecular weight excluding hydrogens is 388 g/mol. The molecule has 5 nitrogen and oxygen atoms in total. The lowest BCUT2D eigenvalue weighted by molar-refractivity contribution is -0.130. The van der Waals surface area contributed by atoms with Crippen molar-refractivity contribution < 1.29 is 22.2 Å². The normalized spacial score (nSPS) is 41.2. The van der Waals surface area contributed by atoms with E-state index in [0.717, 1.165) is 31.9 Å². The van der Waals surface area contributed by atoms with Crippen molar-refractivity contribution in [3.05, 3.63) is 35.5 Å². The molecule has 0 heterocycles. The predicted molar refractivity (Wildman–Crippen MR) is 110 cm³/mol. The number of hydrogen-bond donors (Lipinski definition) is 0. The Morgan fingerprint density at radius 1 is 1.31 bits per heavy atom. The van der Waals surface area contributed by atoms with Crippen molar-refractivity contribution >= 4 is 21.7 Å². The van der Waals surface area contributed by atoms with Crippen molar-refractivity contribution in [3.63, 3.8) is 0 Å². The van der Waals surface area contributed by atoms with E-state index in [1.54, 1.807) is 12.2 Å². The van der Waals surface area contributed by atoms with Crippen LogP contribution >= 0.6 is 0 Å². The lowest BCUT2D eigenvalue weighted by Crippen LogP contribution is -2.45. The van der Waals surface area contributed by atoms with Crippen molar-refractivity contribution in [2.24, 2.45) is 34.5 Å². The molecule has 0 aliphatic heterocycles. The van der Waals surface area contributed by atoms with Crippen LogP contribution in [-0.2, 0) is 23.9 Å². The molecule has 0 saturated heterocycles. The smallest absolute Gasteiger partial charge is 0.264 e. The number of allylic oxidation sites excluding steroid dienone is 6. The van der Waals surface area contributed by atoms with E-state index in [1.807, 2.05) is 0 Å². The zero-order chi connectivity index (χ0) is 21.2. The van der Waals surface area contributed by atoms with Gasteiger partial charge in [0.2, 0.25) is 0 Å². The van der Waals surface area contributed by atoms with E-state index in [1.165, 1.54) is 11.1 Å². The third kappa shape index (κ3) is 3.28. The molecular formula is C23H30O5S. The monoisotopic (exact) mass is 418 g/mol. The third-order valence-electron chi connectivity index (χ3n) is 8.05. The SMILES string of the molecule is CC1C[C@H]2[C@@H]3CCC4=CC(=O)C=C[C@]4(C)C3=CC[C@]2(C)[C@H]1C(=O)COS(C)(=O)=O. The molecule has 0 spiro atoms. The van der Waals surface area contributed by atoms with Crippen LogP contribution in [0.2, 0.25) is 0 Å². The first kappa shape index (κ1) is 20.7. The molecule has 158 valence electrons. The lowest BCUT2D eigenvalue weighted by atomic mass is 9.52. The molecule has 4 aliphatic rings. The summed E-state index contributed by atoms with van der Waals surface area (Å²) in [6, 6.07) is 0. The molecule has 1 unspecified atom stereocenters. The average molecular weight is 419 g/mol. The minimum Gasteiger partial charge on any atom is -0.297 e. The van der Waals surface area contributed by atoms with E-state index in [4.69, 9.17) is 4.18 Å². The Kier molecular flexibility index (Phi) is 4.82. The van der Waals surface area contributed by atoms with Crippen molar-refractivity contribution in [2.45, 2.75) is 46.5 Å². The van der Waals surface area contributed by atoms with Crippen LogP contribution in [0.15, 0.2) is 35.5 Å². The van der Waals surface area contributed by atoms with Gasteiger partial charge in [-0.25, -0.2) is 0 Å². The number of hydrogen-bond acceptors (Lipinski definition) is 5. The highest BCUT2D eigenvalue weighted by molar-refractivity contribution is 7.86. The summed E-state index contributed by atoms with van der Waals surface area (Å²) in [4.78, 5) is 24.9. The van der Waals surface area contributed by atoms with Crippen LogP contribution in [-0.4, -0.2) is 32.8 Å². The van der Waals surface area contributed by atoms with Gasteiger partial charge in [0.1, 0.15) is 6.61 Å². The summed E-state index contributed by atoms with van der Waals surface area (Å²) in [6.07, 6.45) is 12.5. The van der Waals surface area contributed by atoms with Crippen molar-refractivity contribution in [1.82, 2.24) is 0 Å². The zero-order valence-corrected chi connectivity index (χ0v) is 18.4. The summed E-state index contributed by atoms with van der Waals surface area (Å²) >= 11 is 0. The number of carbonyl (C=O) groups excluding carboxylic acids is 2. The molecule has 0 aromatic heterocycles. The van der Waals surface area contributed by atoms with Gasteiger partial charge < -0.3 is 0 Å². The Morgan fingerprint density at radius 3 is 2.72 bits per heavy atom. The van der Waals surface area contributed by atoms with Gasteiger partial charge in [0.05, 0.1) is 6.26 Å². The largest absolute Gasteiger partial charge is 0.297 e. The van der Waals surface area contributed by atoms with Crippen LogP contribution < -0.4 is 0 Å². The second-order valence-corrected chi connectivity index (χ2v) is 11.5. The van der Waals surface area contributed by atoms with Gasteiger partial charge in [-0.15, -0.1) is 0 Å². The van der Waals surface area contributed by atoms with Crippen molar-refractivity contribution in [3.8, 4) is 0 Å². The number of ketones is 2. The van der Waals surface area contributed by atoms with Gasteiger partial charge in [-0.3, -0.25) is 13.8 Å². The molecule has 4 aliphatic carbocycles. The first-order valence-corrected chi connectivity index (χ1v) is 12.3. The van der Waals surface area contributed by atoms with Crippen LogP contribution in [0.1, 0.15) is 46.5 Å². The highest BCUT2D eigenvalue weighted by Crippen LogP contribution is 2.65. The maximum Gasteiger partial charge on any atom is 0.264 e. The second kappa shape index (κ2) is 6.74. The highest BCUT2D eigenvalue weighted by atomic mass is 32.2. The molecule has 0 radical (unpaired) electrons. The quantitative estimate of drug-likeness (QED) is 0.515. The van der Waals surface area contributed by atoms with Gasteiger partial charge >= 0.3 is 0 Å². The Hall–Kier alpha value is -1.53. The number of fused-ring (bicyclic) bond motifs is 5. The summed E-state index contributed by atoms with van der Waals surface area (Å²) in [6.45, 7) is 6.16. The fraction of sp³-hybridized carbons (Fsp3) is 0.652. The summed E-state index contributed by atoms with van der Waals surface area (Å²) in [5.74, 6) is 0.750. The molecule has 2 fully saturated rings. The maximum absolute atomic E-state index is 13.0. The topological polar surface area (TPSA) is 77.5 Å². The van der Waals surface area contributed by atoms with E-state index in [0.29, 0.717) is 11.8 Å². The molecule has 0 amide bonds. The summed E-state index contributed by atoms with van der Waals surface area (Å²) < 4.78 is 27.5.